The molecule has 0 aliphatic carbocycles. The molecule has 0 saturated carbocycles. The Kier molecular flexibility index (Phi) is 9.70. The van der Waals surface area contributed by atoms with E-state index in [9.17, 15) is 9.59 Å². The number of hydrogen-bond donors (Lipinski definition) is 0. The third-order valence-electron chi connectivity index (χ3n) is 5.64. The Morgan fingerprint density at radius 2 is 1.45 bits per heavy atom. The topological polar surface area (TPSA) is 40.6 Å². The normalized spacial score (nSPS) is 10.7. The van der Waals surface area contributed by atoms with Gasteiger partial charge in [-0.1, -0.05) is 74.0 Å². The van der Waals surface area contributed by atoms with E-state index in [1.54, 1.807) is 16.2 Å². The molecule has 0 radical (unpaired) electrons. The monoisotopic (exact) mass is 462 g/mol. The number of carbonyl (C=O) groups is 2. The van der Waals surface area contributed by atoms with Gasteiger partial charge >= 0.3 is 0 Å². The molecule has 0 unspecified atom stereocenters. The van der Waals surface area contributed by atoms with Crippen LogP contribution in [0.2, 0.25) is 0 Å². The summed E-state index contributed by atoms with van der Waals surface area (Å²) in [4.78, 5) is 32.5. The van der Waals surface area contributed by atoms with Gasteiger partial charge in [-0.05, 0) is 43.0 Å². The van der Waals surface area contributed by atoms with E-state index in [2.05, 4.69) is 26.0 Å². The smallest absolute Gasteiger partial charge is 0.242 e. The van der Waals surface area contributed by atoms with Gasteiger partial charge in [0, 0.05) is 29.3 Å². The fourth-order valence-corrected chi connectivity index (χ4v) is 4.66. The molecule has 33 heavy (non-hydrogen) atoms. The number of thiophene rings is 1. The van der Waals surface area contributed by atoms with Crippen LogP contribution < -0.4 is 0 Å². The summed E-state index contributed by atoms with van der Waals surface area (Å²) in [5.41, 5.74) is 2.24. The third-order valence-corrected chi connectivity index (χ3v) is 6.63. The number of amides is 2. The van der Waals surface area contributed by atoms with E-state index < -0.39 is 0 Å². The lowest BCUT2D eigenvalue weighted by molar-refractivity contribution is -0.141. The second-order valence-corrected chi connectivity index (χ2v) is 9.77. The zero-order valence-corrected chi connectivity index (χ0v) is 20.5. The van der Waals surface area contributed by atoms with Crippen molar-refractivity contribution in [3.8, 4) is 0 Å². The second kappa shape index (κ2) is 12.9. The van der Waals surface area contributed by atoms with Crippen molar-refractivity contribution in [2.75, 3.05) is 13.1 Å². The molecule has 0 aliphatic rings. The first-order valence-corrected chi connectivity index (χ1v) is 12.6. The minimum absolute atomic E-state index is 0.00549. The summed E-state index contributed by atoms with van der Waals surface area (Å²) in [7, 11) is 0. The molecule has 5 heteroatoms. The van der Waals surface area contributed by atoms with Crippen LogP contribution in [0.5, 0.6) is 0 Å². The molecule has 0 saturated heterocycles. The minimum Gasteiger partial charge on any atom is -0.333 e. The SMILES string of the molecule is CCCCN(CC(=O)N(Cc1ccccc1)Cc1ccc(C)s1)C(=O)CCc1ccccc1. The number of rotatable bonds is 12. The highest BCUT2D eigenvalue weighted by molar-refractivity contribution is 7.11. The quantitative estimate of drug-likeness (QED) is 0.339. The van der Waals surface area contributed by atoms with Crippen LogP contribution in [0.1, 0.15) is 47.1 Å². The standard InChI is InChI=1S/C28H34N2O2S/c1-3-4-19-29(27(31)18-16-24-11-7-5-8-12-24)22-28(32)30(20-25-13-9-6-10-14-25)21-26-17-15-23(2)33-26/h5-15,17H,3-4,16,18-22H2,1-2H3. The Balaban J connectivity index is 1.69. The number of aryl methyl sites for hydroxylation is 2. The Labute approximate surface area is 201 Å². The van der Waals surface area contributed by atoms with Gasteiger partial charge in [0.1, 0.15) is 0 Å². The van der Waals surface area contributed by atoms with Gasteiger partial charge in [0.25, 0.3) is 0 Å². The lowest BCUT2D eigenvalue weighted by Crippen LogP contribution is -2.43. The van der Waals surface area contributed by atoms with Crippen molar-refractivity contribution >= 4 is 23.2 Å². The summed E-state index contributed by atoms with van der Waals surface area (Å²) >= 11 is 1.71. The zero-order chi connectivity index (χ0) is 23.5. The predicted octanol–water partition coefficient (Wildman–Crippen LogP) is 5.85. The van der Waals surface area contributed by atoms with E-state index >= 15 is 0 Å². The van der Waals surface area contributed by atoms with Crippen LogP contribution in [0.25, 0.3) is 0 Å². The van der Waals surface area contributed by atoms with Crippen molar-refractivity contribution in [3.05, 3.63) is 93.7 Å². The molecule has 2 amide bonds. The Morgan fingerprint density at radius 1 is 0.788 bits per heavy atom. The molecule has 0 spiro atoms. The molecule has 2 aromatic carbocycles. The molecule has 0 atom stereocenters. The first-order chi connectivity index (χ1) is 16.0. The molecule has 174 valence electrons. The first kappa shape index (κ1) is 24.7. The number of carbonyl (C=O) groups excluding carboxylic acids is 2. The summed E-state index contributed by atoms with van der Waals surface area (Å²) in [6.45, 7) is 6.03. The largest absolute Gasteiger partial charge is 0.333 e. The molecule has 0 fully saturated rings. The Hall–Kier alpha value is -2.92. The average Bonchev–Trinajstić information content (AvgIpc) is 3.25. The van der Waals surface area contributed by atoms with Crippen molar-refractivity contribution in [2.24, 2.45) is 0 Å². The number of hydrogen-bond acceptors (Lipinski definition) is 3. The van der Waals surface area contributed by atoms with Gasteiger partial charge in [0.05, 0.1) is 13.1 Å². The van der Waals surface area contributed by atoms with E-state index in [0.29, 0.717) is 32.5 Å². The third kappa shape index (κ3) is 8.17. The van der Waals surface area contributed by atoms with E-state index in [0.717, 1.165) is 28.8 Å². The number of nitrogens with zero attached hydrogens (tertiary/aromatic N) is 2. The van der Waals surface area contributed by atoms with Gasteiger partial charge in [-0.25, -0.2) is 0 Å². The lowest BCUT2D eigenvalue weighted by atomic mass is 10.1. The van der Waals surface area contributed by atoms with Crippen LogP contribution in [-0.2, 0) is 29.1 Å². The molecule has 1 heterocycles. The summed E-state index contributed by atoms with van der Waals surface area (Å²) in [5.74, 6) is 0.0429. The maximum atomic E-state index is 13.4. The van der Waals surface area contributed by atoms with E-state index in [1.807, 2.05) is 65.6 Å². The maximum absolute atomic E-state index is 13.4. The molecule has 0 bridgehead atoms. The molecule has 0 N–H and O–H groups in total. The average molecular weight is 463 g/mol. The molecular formula is C28H34N2O2S. The highest BCUT2D eigenvalue weighted by Gasteiger charge is 2.22. The summed E-state index contributed by atoms with van der Waals surface area (Å²) in [5, 5.41) is 0. The highest BCUT2D eigenvalue weighted by Crippen LogP contribution is 2.19. The maximum Gasteiger partial charge on any atom is 0.242 e. The lowest BCUT2D eigenvalue weighted by Gasteiger charge is -2.28. The van der Waals surface area contributed by atoms with Gasteiger partial charge in [-0.3, -0.25) is 9.59 Å². The van der Waals surface area contributed by atoms with Crippen LogP contribution in [-0.4, -0.2) is 34.7 Å². The van der Waals surface area contributed by atoms with Crippen molar-refractivity contribution in [1.82, 2.24) is 9.80 Å². The molecular weight excluding hydrogens is 428 g/mol. The van der Waals surface area contributed by atoms with Crippen LogP contribution >= 0.6 is 11.3 Å². The highest BCUT2D eigenvalue weighted by atomic mass is 32.1. The van der Waals surface area contributed by atoms with Gasteiger partial charge in [0.2, 0.25) is 11.8 Å². The Morgan fingerprint density at radius 3 is 2.06 bits per heavy atom. The number of unbranched alkanes of at least 4 members (excludes halogenated alkanes) is 1. The molecule has 3 rings (SSSR count). The van der Waals surface area contributed by atoms with Crippen LogP contribution in [0.3, 0.4) is 0 Å². The van der Waals surface area contributed by atoms with Crippen LogP contribution in [0, 0.1) is 6.92 Å². The van der Waals surface area contributed by atoms with Gasteiger partial charge in [0.15, 0.2) is 0 Å². The van der Waals surface area contributed by atoms with Gasteiger partial charge in [-0.15, -0.1) is 11.3 Å². The minimum atomic E-state index is -0.00549. The van der Waals surface area contributed by atoms with Gasteiger partial charge in [-0.2, -0.15) is 0 Å². The molecule has 4 nitrogen and oxygen atoms in total. The fourth-order valence-electron chi connectivity index (χ4n) is 3.75. The van der Waals surface area contributed by atoms with E-state index in [1.165, 1.54) is 4.88 Å². The van der Waals surface area contributed by atoms with Crippen LogP contribution in [0.4, 0.5) is 0 Å². The molecule has 0 aliphatic heterocycles. The first-order valence-electron chi connectivity index (χ1n) is 11.7. The van der Waals surface area contributed by atoms with Crippen molar-refractivity contribution in [3.63, 3.8) is 0 Å². The molecule has 3 aromatic rings. The molecule has 1 aromatic heterocycles. The van der Waals surface area contributed by atoms with Gasteiger partial charge < -0.3 is 9.80 Å². The van der Waals surface area contributed by atoms with Crippen LogP contribution in [0.15, 0.2) is 72.8 Å². The zero-order valence-electron chi connectivity index (χ0n) is 19.7. The predicted molar refractivity (Wildman–Crippen MR) is 136 cm³/mol. The van der Waals surface area contributed by atoms with Crippen molar-refractivity contribution in [1.29, 1.82) is 0 Å². The number of benzene rings is 2. The van der Waals surface area contributed by atoms with E-state index in [4.69, 9.17) is 0 Å². The van der Waals surface area contributed by atoms with E-state index in [-0.39, 0.29) is 18.4 Å². The summed E-state index contributed by atoms with van der Waals surface area (Å²) < 4.78 is 0. The van der Waals surface area contributed by atoms with Crippen molar-refractivity contribution < 1.29 is 9.59 Å². The Bertz CT molecular complexity index is 1000. The summed E-state index contributed by atoms with van der Waals surface area (Å²) in [6, 6.07) is 24.3. The van der Waals surface area contributed by atoms with Crippen molar-refractivity contribution in [2.45, 2.75) is 52.6 Å². The fraction of sp³-hybridized carbons (Fsp3) is 0.357. The second-order valence-electron chi connectivity index (χ2n) is 8.40. The summed E-state index contributed by atoms with van der Waals surface area (Å²) in [6.07, 6.45) is 2.99.